The number of benzene rings is 1. The van der Waals surface area contributed by atoms with Crippen molar-refractivity contribution in [1.82, 2.24) is 0 Å². The summed E-state index contributed by atoms with van der Waals surface area (Å²) in [5, 5.41) is 0. The number of rotatable bonds is 2. The molecule has 0 aliphatic heterocycles. The van der Waals surface area contributed by atoms with Gasteiger partial charge >= 0.3 is 0 Å². The van der Waals surface area contributed by atoms with E-state index in [1.54, 1.807) is 7.11 Å². The Kier molecular flexibility index (Phi) is 3.27. The van der Waals surface area contributed by atoms with Crippen LogP contribution >= 0.6 is 0 Å². The lowest BCUT2D eigenvalue weighted by Gasteiger charge is -2.54. The van der Waals surface area contributed by atoms with Crippen LogP contribution in [0.2, 0.25) is 0 Å². The lowest BCUT2D eigenvalue weighted by Crippen LogP contribution is -2.54. The molecule has 1 aromatic rings. The summed E-state index contributed by atoms with van der Waals surface area (Å²) in [6.45, 7) is 4.39. The number of hydrogen-bond acceptors (Lipinski definition) is 2. The molecule has 0 aromatic heterocycles. The second kappa shape index (κ2) is 4.75. The van der Waals surface area contributed by atoms with Crippen LogP contribution in [0.15, 0.2) is 18.2 Å². The highest BCUT2D eigenvalue weighted by atomic mass is 16.5. The molecule has 114 valence electrons. The average Bonchev–Trinajstić information content (AvgIpc) is 2.46. The van der Waals surface area contributed by atoms with Gasteiger partial charge in [-0.2, -0.15) is 0 Å². The van der Waals surface area contributed by atoms with Crippen LogP contribution in [0.1, 0.15) is 50.7 Å². The molecule has 1 saturated carbocycles. The molecule has 21 heavy (non-hydrogen) atoms. The summed E-state index contributed by atoms with van der Waals surface area (Å²) < 4.78 is 5.41. The minimum atomic E-state index is -0.381. The quantitative estimate of drug-likeness (QED) is 0.908. The second-order valence-electron chi connectivity index (χ2n) is 7.17. The predicted molar refractivity (Wildman–Crippen MR) is 83.3 cm³/mol. The molecule has 2 aliphatic carbocycles. The average molecular weight is 287 g/mol. The molecular formula is C18H25NO2. The molecule has 3 heteroatoms. The summed E-state index contributed by atoms with van der Waals surface area (Å²) >= 11 is 0. The van der Waals surface area contributed by atoms with Gasteiger partial charge in [0.15, 0.2) is 0 Å². The van der Waals surface area contributed by atoms with Crippen molar-refractivity contribution in [2.45, 2.75) is 51.4 Å². The highest BCUT2D eigenvalue weighted by Crippen LogP contribution is 2.57. The van der Waals surface area contributed by atoms with Gasteiger partial charge in [0.1, 0.15) is 5.75 Å². The van der Waals surface area contributed by atoms with Gasteiger partial charge < -0.3 is 10.5 Å². The number of aryl methyl sites for hydroxylation is 1. The summed E-state index contributed by atoms with van der Waals surface area (Å²) in [6.07, 6.45) is 5.18. The first-order chi connectivity index (χ1) is 9.91. The van der Waals surface area contributed by atoms with Crippen molar-refractivity contribution in [3.63, 3.8) is 0 Å². The molecule has 1 amide bonds. The third-order valence-corrected chi connectivity index (χ3v) is 6.13. The van der Waals surface area contributed by atoms with Crippen LogP contribution in [0.25, 0.3) is 0 Å². The predicted octanol–water partition coefficient (Wildman–Crippen LogP) is 3.19. The van der Waals surface area contributed by atoms with Crippen molar-refractivity contribution in [2.75, 3.05) is 7.11 Å². The van der Waals surface area contributed by atoms with E-state index >= 15 is 0 Å². The van der Waals surface area contributed by atoms with E-state index in [0.29, 0.717) is 5.92 Å². The van der Waals surface area contributed by atoms with Gasteiger partial charge in [-0.25, -0.2) is 0 Å². The normalized spacial score (nSPS) is 34.7. The Morgan fingerprint density at radius 1 is 1.33 bits per heavy atom. The topological polar surface area (TPSA) is 52.3 Å². The Hall–Kier alpha value is -1.51. The van der Waals surface area contributed by atoms with Crippen LogP contribution in [-0.2, 0) is 16.6 Å². The zero-order chi connectivity index (χ0) is 15.3. The van der Waals surface area contributed by atoms with Crippen LogP contribution in [0.4, 0.5) is 0 Å². The molecule has 2 N–H and O–H groups in total. The number of amides is 1. The molecule has 3 rings (SSSR count). The van der Waals surface area contributed by atoms with Crippen LogP contribution in [0.5, 0.6) is 5.75 Å². The number of methoxy groups -OCH3 is 1. The minimum absolute atomic E-state index is 0.0319. The highest BCUT2D eigenvalue weighted by molar-refractivity contribution is 5.81. The maximum absolute atomic E-state index is 12.1. The lowest BCUT2D eigenvalue weighted by molar-refractivity contribution is -0.135. The number of carbonyl (C=O) groups excluding carboxylic acids is 1. The number of hydrogen-bond donors (Lipinski definition) is 1. The summed E-state index contributed by atoms with van der Waals surface area (Å²) in [5.41, 5.74) is 8.20. The molecule has 1 aromatic carbocycles. The molecule has 0 saturated heterocycles. The van der Waals surface area contributed by atoms with Crippen LogP contribution in [-0.4, -0.2) is 13.0 Å². The molecule has 2 aliphatic rings. The van der Waals surface area contributed by atoms with Crippen molar-refractivity contribution in [3.8, 4) is 5.75 Å². The van der Waals surface area contributed by atoms with Crippen molar-refractivity contribution in [1.29, 1.82) is 0 Å². The Labute approximate surface area is 126 Å². The molecule has 0 spiro atoms. The first kappa shape index (κ1) is 14.4. The van der Waals surface area contributed by atoms with Crippen molar-refractivity contribution >= 4 is 5.91 Å². The van der Waals surface area contributed by atoms with E-state index in [4.69, 9.17) is 10.5 Å². The van der Waals surface area contributed by atoms with Crippen molar-refractivity contribution in [2.24, 2.45) is 17.1 Å². The Bertz CT molecular complexity index is 583. The maximum Gasteiger partial charge on any atom is 0.223 e. The van der Waals surface area contributed by atoms with Crippen LogP contribution in [0, 0.1) is 11.3 Å². The fraction of sp³-hybridized carbons (Fsp3) is 0.611. The number of primary amides is 1. The molecule has 1 fully saturated rings. The zero-order valence-corrected chi connectivity index (χ0v) is 13.2. The minimum Gasteiger partial charge on any atom is -0.497 e. The van der Waals surface area contributed by atoms with Gasteiger partial charge in [0.2, 0.25) is 5.91 Å². The van der Waals surface area contributed by atoms with E-state index in [2.05, 4.69) is 26.0 Å². The van der Waals surface area contributed by atoms with Gasteiger partial charge in [-0.1, -0.05) is 26.3 Å². The molecule has 0 bridgehead atoms. The third kappa shape index (κ3) is 1.97. The largest absolute Gasteiger partial charge is 0.497 e. The number of carbonyl (C=O) groups is 1. The number of nitrogens with two attached hydrogens (primary N) is 1. The van der Waals surface area contributed by atoms with Gasteiger partial charge in [0, 0.05) is 5.41 Å². The molecule has 0 radical (unpaired) electrons. The molecule has 3 atom stereocenters. The van der Waals surface area contributed by atoms with Crippen molar-refractivity contribution in [3.05, 3.63) is 29.3 Å². The number of ether oxygens (including phenoxy) is 1. The van der Waals surface area contributed by atoms with Crippen molar-refractivity contribution < 1.29 is 9.53 Å². The van der Waals surface area contributed by atoms with Crippen LogP contribution < -0.4 is 10.5 Å². The second-order valence-corrected chi connectivity index (χ2v) is 7.17. The van der Waals surface area contributed by atoms with Gasteiger partial charge in [-0.15, -0.1) is 0 Å². The summed E-state index contributed by atoms with van der Waals surface area (Å²) in [5.74, 6) is 1.10. The van der Waals surface area contributed by atoms with E-state index in [1.165, 1.54) is 11.1 Å². The zero-order valence-electron chi connectivity index (χ0n) is 13.2. The van der Waals surface area contributed by atoms with E-state index < -0.39 is 0 Å². The summed E-state index contributed by atoms with van der Waals surface area (Å²) in [7, 11) is 1.71. The first-order valence-corrected chi connectivity index (χ1v) is 7.89. The molecule has 3 unspecified atom stereocenters. The van der Waals surface area contributed by atoms with Gasteiger partial charge in [-0.05, 0) is 60.3 Å². The Morgan fingerprint density at radius 2 is 2.10 bits per heavy atom. The van der Waals surface area contributed by atoms with Gasteiger partial charge in [-0.3, -0.25) is 4.79 Å². The first-order valence-electron chi connectivity index (χ1n) is 7.89. The highest BCUT2D eigenvalue weighted by Gasteiger charge is 2.54. The molecular weight excluding hydrogens is 262 g/mol. The molecule has 3 nitrogen and oxygen atoms in total. The lowest BCUT2D eigenvalue weighted by atomic mass is 9.49. The number of fused-ring (bicyclic) bond motifs is 3. The Morgan fingerprint density at radius 3 is 2.76 bits per heavy atom. The monoisotopic (exact) mass is 287 g/mol. The third-order valence-electron chi connectivity index (χ3n) is 6.13. The fourth-order valence-electron chi connectivity index (χ4n) is 4.86. The van der Waals surface area contributed by atoms with E-state index in [9.17, 15) is 4.79 Å². The standard InChI is InChI=1S/C18H25NO2/c1-17-9-4-10-18(2,16(19)20)15(17)8-6-12-5-7-13(21-3)11-14(12)17/h5,7,11,15H,4,6,8-10H2,1-3H3,(H2,19,20). The van der Waals surface area contributed by atoms with E-state index in [-0.39, 0.29) is 16.7 Å². The van der Waals surface area contributed by atoms with Gasteiger partial charge in [0.25, 0.3) is 0 Å². The smallest absolute Gasteiger partial charge is 0.223 e. The maximum atomic E-state index is 12.1. The Balaban J connectivity index is 2.12. The fourth-order valence-corrected chi connectivity index (χ4v) is 4.86. The summed E-state index contributed by atoms with van der Waals surface area (Å²) in [6, 6.07) is 6.40. The SMILES string of the molecule is COc1ccc2c(c1)C1(C)CCCC(C)(C(N)=O)C1CC2. The van der Waals surface area contributed by atoms with E-state index in [1.807, 2.05) is 6.07 Å². The summed E-state index contributed by atoms with van der Waals surface area (Å²) in [4.78, 5) is 12.1. The van der Waals surface area contributed by atoms with E-state index in [0.717, 1.165) is 37.9 Å². The molecule has 0 heterocycles. The van der Waals surface area contributed by atoms with Crippen LogP contribution in [0.3, 0.4) is 0 Å². The van der Waals surface area contributed by atoms with Gasteiger partial charge in [0.05, 0.1) is 7.11 Å².